The van der Waals surface area contributed by atoms with Gasteiger partial charge in [-0.25, -0.2) is 0 Å². The van der Waals surface area contributed by atoms with Gasteiger partial charge in [0.05, 0.1) is 12.4 Å². The van der Waals surface area contributed by atoms with Gasteiger partial charge >= 0.3 is 0 Å². The Balaban J connectivity index is 1.67. The van der Waals surface area contributed by atoms with Gasteiger partial charge in [0.2, 0.25) is 0 Å². The van der Waals surface area contributed by atoms with Gasteiger partial charge < -0.3 is 15.5 Å². The quantitative estimate of drug-likeness (QED) is 0.758. The van der Waals surface area contributed by atoms with Gasteiger partial charge in [0, 0.05) is 12.2 Å². The van der Waals surface area contributed by atoms with Crippen LogP contribution < -0.4 is 10.6 Å². The van der Waals surface area contributed by atoms with Crippen LogP contribution in [0.3, 0.4) is 0 Å². The largest absolute Gasteiger partial charge is 0.366 e. The zero-order valence-corrected chi connectivity index (χ0v) is 10.3. The highest BCUT2D eigenvalue weighted by Gasteiger charge is 2.23. The molecule has 0 bridgehead atoms. The molecule has 0 aromatic rings. The van der Waals surface area contributed by atoms with Gasteiger partial charge in [0.1, 0.15) is 0 Å². The molecule has 3 nitrogen and oxygen atoms in total. The highest BCUT2D eigenvalue weighted by Crippen LogP contribution is 2.24. The number of hydrogen-bond acceptors (Lipinski definition) is 3. The predicted octanol–water partition coefficient (Wildman–Crippen LogP) is 1.72. The van der Waals surface area contributed by atoms with Crippen LogP contribution in [0.25, 0.3) is 0 Å². The van der Waals surface area contributed by atoms with E-state index in [1.807, 2.05) is 0 Å². The van der Waals surface area contributed by atoms with Crippen molar-refractivity contribution in [2.24, 2.45) is 0 Å². The smallest absolute Gasteiger partial charge is 0.0875 e. The monoisotopic (exact) mass is 231 g/mol. The fourth-order valence-electron chi connectivity index (χ4n) is 2.83. The van der Waals surface area contributed by atoms with E-state index in [9.17, 15) is 0 Å². The van der Waals surface area contributed by atoms with Crippen LogP contribution in [-0.2, 0) is 0 Å². The summed E-state index contributed by atoms with van der Waals surface area (Å²) in [5.74, 6) is 0. The molecule has 17 heavy (non-hydrogen) atoms. The first-order valence-electron chi connectivity index (χ1n) is 6.72. The van der Waals surface area contributed by atoms with Crippen LogP contribution in [-0.4, -0.2) is 30.7 Å². The van der Waals surface area contributed by atoms with Gasteiger partial charge in [-0.05, 0) is 44.3 Å². The van der Waals surface area contributed by atoms with Crippen LogP contribution in [0, 0.1) is 0 Å². The van der Waals surface area contributed by atoms with Gasteiger partial charge in [-0.3, -0.25) is 0 Å². The third kappa shape index (κ3) is 2.39. The van der Waals surface area contributed by atoms with E-state index in [2.05, 4.69) is 40.0 Å². The number of hydrogen-bond donors (Lipinski definition) is 2. The van der Waals surface area contributed by atoms with Crippen LogP contribution >= 0.6 is 0 Å². The maximum Gasteiger partial charge on any atom is 0.0875 e. The Morgan fingerprint density at radius 3 is 2.88 bits per heavy atom. The van der Waals surface area contributed by atoms with Gasteiger partial charge in [-0.1, -0.05) is 18.2 Å². The SMILES string of the molecule is C1=CCCC(C2=CN(C3CCNCC3)CN2)=C1. The molecule has 0 unspecified atom stereocenters. The molecule has 2 N–H and O–H groups in total. The van der Waals surface area contributed by atoms with E-state index < -0.39 is 0 Å². The van der Waals surface area contributed by atoms with E-state index in [0.717, 1.165) is 25.8 Å². The number of rotatable bonds is 2. The van der Waals surface area contributed by atoms with Gasteiger partial charge in [-0.2, -0.15) is 0 Å². The third-order valence-corrected chi connectivity index (χ3v) is 3.88. The molecule has 3 heteroatoms. The molecule has 2 heterocycles. The molecule has 2 aliphatic heterocycles. The van der Waals surface area contributed by atoms with Crippen LogP contribution in [0.5, 0.6) is 0 Å². The molecule has 0 aromatic heterocycles. The topological polar surface area (TPSA) is 27.3 Å². The molecular formula is C14H21N3. The van der Waals surface area contributed by atoms with E-state index >= 15 is 0 Å². The molecule has 1 saturated heterocycles. The minimum Gasteiger partial charge on any atom is -0.366 e. The maximum absolute atomic E-state index is 3.54. The minimum atomic E-state index is 0.723. The summed E-state index contributed by atoms with van der Waals surface area (Å²) in [6.45, 7) is 3.31. The molecule has 0 amide bonds. The van der Waals surface area contributed by atoms with Crippen molar-refractivity contribution in [3.05, 3.63) is 35.7 Å². The lowest BCUT2D eigenvalue weighted by molar-refractivity contribution is 0.234. The summed E-state index contributed by atoms with van der Waals surface area (Å²) in [6, 6.07) is 0.723. The molecule has 0 saturated carbocycles. The summed E-state index contributed by atoms with van der Waals surface area (Å²) in [7, 11) is 0. The molecule has 0 spiro atoms. The van der Waals surface area contributed by atoms with Gasteiger partial charge in [-0.15, -0.1) is 0 Å². The van der Waals surface area contributed by atoms with E-state index in [-0.39, 0.29) is 0 Å². The summed E-state index contributed by atoms with van der Waals surface area (Å²) in [6.07, 6.45) is 13.9. The summed E-state index contributed by atoms with van der Waals surface area (Å²) in [4.78, 5) is 2.48. The average Bonchev–Trinajstić information content (AvgIpc) is 2.90. The van der Waals surface area contributed by atoms with Crippen LogP contribution in [0.4, 0.5) is 0 Å². The second-order valence-electron chi connectivity index (χ2n) is 5.03. The molecule has 0 atom stereocenters. The number of piperidine rings is 1. The zero-order valence-electron chi connectivity index (χ0n) is 10.3. The third-order valence-electron chi connectivity index (χ3n) is 3.88. The first-order valence-corrected chi connectivity index (χ1v) is 6.72. The highest BCUT2D eigenvalue weighted by molar-refractivity contribution is 5.36. The Kier molecular flexibility index (Phi) is 3.18. The first kappa shape index (κ1) is 10.9. The molecule has 3 aliphatic rings. The average molecular weight is 231 g/mol. The van der Waals surface area contributed by atoms with Crippen LogP contribution in [0.1, 0.15) is 25.7 Å². The lowest BCUT2D eigenvalue weighted by Gasteiger charge is -2.30. The second kappa shape index (κ2) is 4.96. The maximum atomic E-state index is 3.54. The Morgan fingerprint density at radius 1 is 1.24 bits per heavy atom. The number of allylic oxidation sites excluding steroid dienone is 4. The van der Waals surface area contributed by atoms with Crippen LogP contribution in [0.2, 0.25) is 0 Å². The standard InChI is InChI=1S/C14H21N3/c1-2-4-12(5-3-1)14-10-17(11-16-14)13-6-8-15-9-7-13/h1-2,4,10,13,15-16H,3,5-9,11H2. The van der Waals surface area contributed by atoms with Crippen molar-refractivity contribution in [1.82, 2.24) is 15.5 Å². The normalized spacial score (nSPS) is 25.5. The summed E-state index contributed by atoms with van der Waals surface area (Å²) >= 11 is 0. The fourth-order valence-corrected chi connectivity index (χ4v) is 2.83. The van der Waals surface area contributed by atoms with Crippen molar-refractivity contribution in [3.63, 3.8) is 0 Å². The minimum absolute atomic E-state index is 0.723. The van der Waals surface area contributed by atoms with Crippen molar-refractivity contribution in [2.45, 2.75) is 31.7 Å². The Hall–Kier alpha value is -1.22. The molecule has 92 valence electrons. The van der Waals surface area contributed by atoms with Gasteiger partial charge in [0.15, 0.2) is 0 Å². The molecule has 1 aliphatic carbocycles. The van der Waals surface area contributed by atoms with Crippen molar-refractivity contribution in [2.75, 3.05) is 19.8 Å². The van der Waals surface area contributed by atoms with Crippen molar-refractivity contribution in [1.29, 1.82) is 0 Å². The molecule has 0 aromatic carbocycles. The van der Waals surface area contributed by atoms with Crippen LogP contribution in [0.15, 0.2) is 35.7 Å². The lowest BCUT2D eigenvalue weighted by atomic mass is 10.0. The number of nitrogens with one attached hydrogen (secondary N) is 2. The zero-order chi connectivity index (χ0) is 11.5. The summed E-state index contributed by atoms with van der Waals surface area (Å²) in [5.41, 5.74) is 2.80. The van der Waals surface area contributed by atoms with E-state index in [1.54, 1.807) is 0 Å². The van der Waals surface area contributed by atoms with Crippen molar-refractivity contribution < 1.29 is 0 Å². The first-order chi connectivity index (χ1) is 8.43. The Labute approximate surface area is 103 Å². The predicted molar refractivity (Wildman–Crippen MR) is 70.3 cm³/mol. The molecular weight excluding hydrogens is 210 g/mol. The second-order valence-corrected chi connectivity index (χ2v) is 5.03. The fraction of sp³-hybridized carbons (Fsp3) is 0.571. The lowest BCUT2D eigenvalue weighted by Crippen LogP contribution is -2.41. The van der Waals surface area contributed by atoms with E-state index in [4.69, 9.17) is 0 Å². The molecule has 3 rings (SSSR count). The Morgan fingerprint density at radius 2 is 2.12 bits per heavy atom. The van der Waals surface area contributed by atoms with E-state index in [0.29, 0.717) is 0 Å². The van der Waals surface area contributed by atoms with Gasteiger partial charge in [0.25, 0.3) is 0 Å². The Bertz CT molecular complexity index is 362. The number of nitrogens with zero attached hydrogens (tertiary/aromatic N) is 1. The highest BCUT2D eigenvalue weighted by atomic mass is 15.3. The summed E-state index contributed by atoms with van der Waals surface area (Å²) in [5, 5.41) is 6.96. The van der Waals surface area contributed by atoms with Crippen molar-refractivity contribution >= 4 is 0 Å². The molecule has 1 fully saturated rings. The van der Waals surface area contributed by atoms with E-state index in [1.165, 1.54) is 37.0 Å². The summed E-state index contributed by atoms with van der Waals surface area (Å²) < 4.78 is 0. The van der Waals surface area contributed by atoms with Crippen molar-refractivity contribution in [3.8, 4) is 0 Å². The molecule has 0 radical (unpaired) electrons.